The number of aryl methyl sites for hydroxylation is 1. The minimum atomic E-state index is -0.165. The maximum absolute atomic E-state index is 12.5. The van der Waals surface area contributed by atoms with Crippen LogP contribution in [0.25, 0.3) is 0 Å². The number of carbonyl (C=O) groups excluding carboxylic acids is 1. The van der Waals surface area contributed by atoms with Gasteiger partial charge in [0.2, 0.25) is 0 Å². The third-order valence-corrected chi connectivity index (χ3v) is 4.51. The molecule has 4 heteroatoms. The van der Waals surface area contributed by atoms with Crippen LogP contribution in [0.1, 0.15) is 36.2 Å². The fraction of sp³-hybridized carbons (Fsp3) is 0.269. The smallest absolute Gasteiger partial charge is 0.255 e. The van der Waals surface area contributed by atoms with Crippen LogP contribution in [0.4, 0.5) is 5.69 Å². The minimum absolute atomic E-state index is 0.165. The topological polar surface area (TPSA) is 47.6 Å². The Hall–Kier alpha value is -3.27. The van der Waals surface area contributed by atoms with Gasteiger partial charge in [0.15, 0.2) is 0 Å². The maximum atomic E-state index is 12.5. The Balaban J connectivity index is 1.46. The highest BCUT2D eigenvalue weighted by Crippen LogP contribution is 2.19. The van der Waals surface area contributed by atoms with Crippen molar-refractivity contribution in [1.29, 1.82) is 0 Å². The Bertz CT molecular complexity index is 921. The molecule has 0 bridgehead atoms. The summed E-state index contributed by atoms with van der Waals surface area (Å²) in [5.74, 6) is 1.77. The van der Waals surface area contributed by atoms with E-state index in [4.69, 9.17) is 9.47 Å². The summed E-state index contributed by atoms with van der Waals surface area (Å²) < 4.78 is 11.5. The maximum Gasteiger partial charge on any atom is 0.255 e. The van der Waals surface area contributed by atoms with Gasteiger partial charge in [0.1, 0.15) is 11.5 Å². The van der Waals surface area contributed by atoms with E-state index in [0.29, 0.717) is 30.4 Å². The number of ether oxygens (including phenoxy) is 2. The molecule has 0 aliphatic carbocycles. The molecule has 0 saturated carbocycles. The average molecular weight is 404 g/mol. The second-order valence-electron chi connectivity index (χ2n) is 7.65. The summed E-state index contributed by atoms with van der Waals surface area (Å²) in [5, 5.41) is 2.92. The van der Waals surface area contributed by atoms with E-state index >= 15 is 0 Å². The van der Waals surface area contributed by atoms with Crippen LogP contribution in [0.3, 0.4) is 0 Å². The van der Waals surface area contributed by atoms with Gasteiger partial charge in [-0.15, -0.1) is 0 Å². The van der Waals surface area contributed by atoms with Crippen molar-refractivity contribution in [3.05, 3.63) is 90.0 Å². The third kappa shape index (κ3) is 6.96. The summed E-state index contributed by atoms with van der Waals surface area (Å²) >= 11 is 0. The van der Waals surface area contributed by atoms with Crippen molar-refractivity contribution in [1.82, 2.24) is 0 Å². The quantitative estimate of drug-likeness (QED) is 0.423. The summed E-state index contributed by atoms with van der Waals surface area (Å²) in [6, 6.07) is 25.1. The number of rotatable bonds is 10. The van der Waals surface area contributed by atoms with Gasteiger partial charge < -0.3 is 14.8 Å². The van der Waals surface area contributed by atoms with Crippen molar-refractivity contribution in [3.8, 4) is 11.5 Å². The summed E-state index contributed by atoms with van der Waals surface area (Å²) in [4.78, 5) is 12.5. The number of amides is 1. The molecule has 3 aromatic rings. The lowest BCUT2D eigenvalue weighted by Gasteiger charge is -2.11. The van der Waals surface area contributed by atoms with Crippen molar-refractivity contribution in [2.24, 2.45) is 5.92 Å². The zero-order valence-corrected chi connectivity index (χ0v) is 17.6. The van der Waals surface area contributed by atoms with Crippen LogP contribution in [0.15, 0.2) is 78.9 Å². The van der Waals surface area contributed by atoms with Crippen molar-refractivity contribution in [3.63, 3.8) is 0 Å². The fourth-order valence-electron chi connectivity index (χ4n) is 2.94. The van der Waals surface area contributed by atoms with E-state index in [1.54, 1.807) is 12.1 Å². The lowest BCUT2D eigenvalue weighted by atomic mass is 10.1. The molecule has 0 fully saturated rings. The van der Waals surface area contributed by atoms with Crippen molar-refractivity contribution in [2.45, 2.75) is 26.7 Å². The van der Waals surface area contributed by atoms with Crippen LogP contribution < -0.4 is 14.8 Å². The van der Waals surface area contributed by atoms with Crippen LogP contribution in [0, 0.1) is 5.92 Å². The summed E-state index contributed by atoms with van der Waals surface area (Å²) in [7, 11) is 0. The van der Waals surface area contributed by atoms with Crippen LogP contribution in [0.5, 0.6) is 11.5 Å². The number of nitrogens with one attached hydrogen (secondary N) is 1. The van der Waals surface area contributed by atoms with Crippen molar-refractivity contribution >= 4 is 11.6 Å². The number of anilines is 1. The Morgan fingerprint density at radius 1 is 0.867 bits per heavy atom. The Morgan fingerprint density at radius 2 is 1.63 bits per heavy atom. The lowest BCUT2D eigenvalue weighted by molar-refractivity contribution is 0.102. The molecule has 3 rings (SSSR count). The molecular formula is C26H29NO3. The predicted octanol–water partition coefficient (Wildman–Crippen LogP) is 5.99. The molecule has 1 N–H and O–H groups in total. The molecule has 156 valence electrons. The zero-order valence-electron chi connectivity index (χ0n) is 17.6. The molecule has 0 spiro atoms. The number of carbonyl (C=O) groups is 1. The van der Waals surface area contributed by atoms with Gasteiger partial charge in [-0.1, -0.05) is 50.2 Å². The first-order valence-electron chi connectivity index (χ1n) is 10.4. The molecule has 0 aliphatic rings. The van der Waals surface area contributed by atoms with Crippen molar-refractivity contribution in [2.75, 3.05) is 18.5 Å². The molecule has 30 heavy (non-hydrogen) atoms. The first kappa shape index (κ1) is 21.4. The van der Waals surface area contributed by atoms with E-state index in [1.165, 1.54) is 5.56 Å². The van der Waals surface area contributed by atoms with Gasteiger partial charge in [-0.2, -0.15) is 0 Å². The van der Waals surface area contributed by atoms with Gasteiger partial charge in [-0.25, -0.2) is 0 Å². The molecule has 0 atom stereocenters. The highest BCUT2D eigenvalue weighted by molar-refractivity contribution is 6.04. The minimum Gasteiger partial charge on any atom is -0.494 e. The van der Waals surface area contributed by atoms with Crippen LogP contribution in [-0.2, 0) is 6.42 Å². The van der Waals surface area contributed by atoms with E-state index < -0.39 is 0 Å². The first-order valence-corrected chi connectivity index (χ1v) is 10.4. The SMILES string of the molecule is CC(C)COc1cccc(C(=O)Nc2ccc(OCCCc3ccccc3)cc2)c1. The molecule has 4 nitrogen and oxygen atoms in total. The zero-order chi connectivity index (χ0) is 21.2. The summed E-state index contributed by atoms with van der Waals surface area (Å²) in [6.07, 6.45) is 1.95. The molecule has 0 aromatic heterocycles. The van der Waals surface area contributed by atoms with Gasteiger partial charge in [0, 0.05) is 11.3 Å². The monoisotopic (exact) mass is 403 g/mol. The largest absolute Gasteiger partial charge is 0.494 e. The third-order valence-electron chi connectivity index (χ3n) is 4.51. The Morgan fingerprint density at radius 3 is 2.37 bits per heavy atom. The van der Waals surface area contributed by atoms with Crippen LogP contribution >= 0.6 is 0 Å². The number of hydrogen-bond acceptors (Lipinski definition) is 3. The first-order chi connectivity index (χ1) is 14.6. The molecule has 0 radical (unpaired) electrons. The van der Waals surface area contributed by atoms with E-state index in [0.717, 1.165) is 24.3 Å². The average Bonchev–Trinajstić information content (AvgIpc) is 2.77. The van der Waals surface area contributed by atoms with Crippen molar-refractivity contribution < 1.29 is 14.3 Å². The number of benzene rings is 3. The molecule has 0 aliphatic heterocycles. The van der Waals surface area contributed by atoms with Gasteiger partial charge in [-0.3, -0.25) is 4.79 Å². The standard InChI is InChI=1S/C26H29NO3/c1-20(2)19-30-25-12-6-11-22(18-25)26(28)27-23-13-15-24(16-14-23)29-17-7-10-21-8-4-3-5-9-21/h3-6,8-9,11-16,18,20H,7,10,17,19H2,1-2H3,(H,27,28). The Kier molecular flexibility index (Phi) is 7.90. The molecule has 0 saturated heterocycles. The van der Waals surface area contributed by atoms with Gasteiger partial charge in [0.25, 0.3) is 5.91 Å². The lowest BCUT2D eigenvalue weighted by Crippen LogP contribution is -2.12. The fourth-order valence-corrected chi connectivity index (χ4v) is 2.94. The second kappa shape index (κ2) is 11.1. The highest BCUT2D eigenvalue weighted by Gasteiger charge is 2.08. The molecule has 3 aromatic carbocycles. The van der Waals surface area contributed by atoms with Gasteiger partial charge in [-0.05, 0) is 66.8 Å². The Labute approximate surface area is 178 Å². The van der Waals surface area contributed by atoms with Crippen LogP contribution in [0.2, 0.25) is 0 Å². The highest BCUT2D eigenvalue weighted by atomic mass is 16.5. The van der Waals surface area contributed by atoms with E-state index in [9.17, 15) is 4.79 Å². The normalized spacial score (nSPS) is 10.6. The predicted molar refractivity (Wildman–Crippen MR) is 121 cm³/mol. The molecule has 1 amide bonds. The summed E-state index contributed by atoms with van der Waals surface area (Å²) in [5.41, 5.74) is 2.61. The molecule has 0 unspecified atom stereocenters. The van der Waals surface area contributed by atoms with E-state index in [1.807, 2.05) is 42.5 Å². The number of hydrogen-bond donors (Lipinski definition) is 1. The van der Waals surface area contributed by atoms with Crippen LogP contribution in [-0.4, -0.2) is 19.1 Å². The molecule has 0 heterocycles. The second-order valence-corrected chi connectivity index (χ2v) is 7.65. The van der Waals surface area contributed by atoms with Gasteiger partial charge >= 0.3 is 0 Å². The summed E-state index contributed by atoms with van der Waals surface area (Å²) in [6.45, 7) is 5.46. The van der Waals surface area contributed by atoms with E-state index in [-0.39, 0.29) is 5.91 Å². The van der Waals surface area contributed by atoms with E-state index in [2.05, 4.69) is 43.4 Å². The van der Waals surface area contributed by atoms with Gasteiger partial charge in [0.05, 0.1) is 13.2 Å². The molecular weight excluding hydrogens is 374 g/mol.